The fourth-order valence-electron chi connectivity index (χ4n) is 2.03. The van der Waals surface area contributed by atoms with E-state index in [0.717, 1.165) is 32.0 Å². The van der Waals surface area contributed by atoms with Gasteiger partial charge in [-0.2, -0.15) is 0 Å². The van der Waals surface area contributed by atoms with Crippen LogP contribution in [0, 0.1) is 0 Å². The lowest BCUT2D eigenvalue weighted by Crippen LogP contribution is -2.50. The maximum absolute atomic E-state index is 11.9. The molecule has 0 heterocycles. The van der Waals surface area contributed by atoms with E-state index in [4.69, 9.17) is 4.74 Å². The Morgan fingerprint density at radius 2 is 1.81 bits per heavy atom. The number of carbonyl (C=O) groups is 2. The van der Waals surface area contributed by atoms with Crippen LogP contribution in [0.15, 0.2) is 0 Å². The third kappa shape index (κ3) is 2.74. The van der Waals surface area contributed by atoms with Crippen molar-refractivity contribution >= 4 is 12.4 Å². The van der Waals surface area contributed by atoms with Crippen molar-refractivity contribution in [3.05, 3.63) is 0 Å². The molecule has 0 aromatic rings. The molecule has 92 valence electrons. The van der Waals surface area contributed by atoms with Crippen LogP contribution in [0.3, 0.4) is 0 Å². The van der Waals surface area contributed by atoms with E-state index in [9.17, 15) is 9.59 Å². The normalized spacial score (nSPS) is 19.2. The van der Waals surface area contributed by atoms with E-state index in [0.29, 0.717) is 0 Å². The molecular formula is C12H21NO3. The first-order chi connectivity index (χ1) is 7.31. The number of carbonyl (C=O) groups excluding carboxylic acids is 2. The molecule has 0 aromatic carbocycles. The number of likely N-dealkylation sites (N-methyl/N-ethyl adjacent to an activating group) is 1. The van der Waals surface area contributed by atoms with Crippen molar-refractivity contribution in [3.8, 4) is 0 Å². The minimum absolute atomic E-state index is 0.415. The summed E-state index contributed by atoms with van der Waals surface area (Å²) in [6.07, 6.45) is 3.95. The highest BCUT2D eigenvalue weighted by molar-refractivity contribution is 5.77. The maximum Gasteiger partial charge on any atom is 0.410 e. The molecule has 16 heavy (non-hydrogen) atoms. The molecule has 1 aliphatic carbocycles. The van der Waals surface area contributed by atoms with Crippen molar-refractivity contribution in [2.75, 3.05) is 7.05 Å². The quantitative estimate of drug-likeness (QED) is 0.680. The molecule has 1 saturated carbocycles. The van der Waals surface area contributed by atoms with Crippen molar-refractivity contribution < 1.29 is 14.3 Å². The second-order valence-corrected chi connectivity index (χ2v) is 5.47. The zero-order valence-corrected chi connectivity index (χ0v) is 10.6. The highest BCUT2D eigenvalue weighted by atomic mass is 16.6. The van der Waals surface area contributed by atoms with Crippen LogP contribution in [0.2, 0.25) is 0 Å². The molecule has 0 saturated heterocycles. The van der Waals surface area contributed by atoms with Crippen molar-refractivity contribution in [1.82, 2.24) is 4.90 Å². The lowest BCUT2D eigenvalue weighted by molar-refractivity contribution is -0.117. The summed E-state index contributed by atoms with van der Waals surface area (Å²) in [7, 11) is 1.65. The van der Waals surface area contributed by atoms with Crippen molar-refractivity contribution in [3.63, 3.8) is 0 Å². The molecule has 1 amide bonds. The first kappa shape index (κ1) is 13.0. The molecule has 0 aromatic heterocycles. The molecular weight excluding hydrogens is 206 g/mol. The molecule has 0 bridgehead atoms. The zero-order chi connectivity index (χ0) is 12.4. The Hall–Kier alpha value is -1.06. The predicted molar refractivity (Wildman–Crippen MR) is 61.3 cm³/mol. The maximum atomic E-state index is 11.9. The van der Waals surface area contributed by atoms with Gasteiger partial charge in [0.25, 0.3) is 0 Å². The third-order valence-corrected chi connectivity index (χ3v) is 3.02. The van der Waals surface area contributed by atoms with Crippen LogP contribution in [-0.2, 0) is 9.53 Å². The minimum Gasteiger partial charge on any atom is -0.444 e. The van der Waals surface area contributed by atoms with Gasteiger partial charge in [0.05, 0.1) is 0 Å². The largest absolute Gasteiger partial charge is 0.444 e. The fourth-order valence-corrected chi connectivity index (χ4v) is 2.03. The summed E-state index contributed by atoms with van der Waals surface area (Å²) in [6.45, 7) is 5.46. The molecule has 1 aliphatic rings. The van der Waals surface area contributed by atoms with Crippen molar-refractivity contribution in [2.24, 2.45) is 0 Å². The van der Waals surface area contributed by atoms with Crippen LogP contribution in [0.1, 0.15) is 46.5 Å². The zero-order valence-electron chi connectivity index (χ0n) is 10.6. The standard InChI is InChI=1S/C12H21NO3/c1-11(2,3)16-10(15)13(4)12(9-14)7-5-6-8-12/h9H,5-8H2,1-4H3. The molecule has 0 N–H and O–H groups in total. The average molecular weight is 227 g/mol. The number of rotatable bonds is 2. The minimum atomic E-state index is -0.637. The Bertz CT molecular complexity index is 274. The van der Waals surface area contributed by atoms with Gasteiger partial charge < -0.3 is 9.53 Å². The molecule has 0 spiro atoms. The number of nitrogens with zero attached hydrogens (tertiary/aromatic N) is 1. The smallest absolute Gasteiger partial charge is 0.410 e. The van der Waals surface area contributed by atoms with Crippen LogP contribution < -0.4 is 0 Å². The molecule has 0 aliphatic heterocycles. The Kier molecular flexibility index (Phi) is 3.61. The van der Waals surface area contributed by atoms with Crippen molar-refractivity contribution in [1.29, 1.82) is 0 Å². The Balaban J connectivity index is 2.72. The summed E-state index contributed by atoms with van der Waals surface area (Å²) in [6, 6.07) is 0. The van der Waals surface area contributed by atoms with E-state index >= 15 is 0 Å². The van der Waals surface area contributed by atoms with Gasteiger partial charge in [-0.05, 0) is 33.6 Å². The van der Waals surface area contributed by atoms with Gasteiger partial charge in [-0.1, -0.05) is 12.8 Å². The summed E-state index contributed by atoms with van der Waals surface area (Å²) in [5, 5.41) is 0. The van der Waals surface area contributed by atoms with E-state index in [-0.39, 0.29) is 0 Å². The summed E-state index contributed by atoms with van der Waals surface area (Å²) in [5.74, 6) is 0. The van der Waals surface area contributed by atoms with Gasteiger partial charge in [-0.3, -0.25) is 4.90 Å². The highest BCUT2D eigenvalue weighted by Gasteiger charge is 2.41. The summed E-state index contributed by atoms with van der Waals surface area (Å²) in [5.41, 5.74) is -1.16. The first-order valence-electron chi connectivity index (χ1n) is 5.74. The van der Waals surface area contributed by atoms with Crippen LogP contribution in [0.5, 0.6) is 0 Å². The molecule has 0 atom stereocenters. The number of hydrogen-bond acceptors (Lipinski definition) is 3. The van der Waals surface area contributed by atoms with E-state index in [1.807, 2.05) is 20.8 Å². The summed E-state index contributed by atoms with van der Waals surface area (Å²) >= 11 is 0. The van der Waals surface area contributed by atoms with Crippen LogP contribution in [0.25, 0.3) is 0 Å². The van der Waals surface area contributed by atoms with Gasteiger partial charge >= 0.3 is 6.09 Å². The Morgan fingerprint density at radius 3 is 2.19 bits per heavy atom. The third-order valence-electron chi connectivity index (χ3n) is 3.02. The highest BCUT2D eigenvalue weighted by Crippen LogP contribution is 2.33. The summed E-state index contributed by atoms with van der Waals surface area (Å²) in [4.78, 5) is 24.5. The SMILES string of the molecule is CN(C(=O)OC(C)(C)C)C1(C=O)CCCC1. The lowest BCUT2D eigenvalue weighted by atomic mass is 9.98. The Labute approximate surface area is 96.9 Å². The second-order valence-electron chi connectivity index (χ2n) is 5.47. The van der Waals surface area contributed by atoms with Crippen molar-refractivity contribution in [2.45, 2.75) is 57.6 Å². The number of amides is 1. The van der Waals surface area contributed by atoms with Crippen LogP contribution in [0.4, 0.5) is 4.79 Å². The number of aldehydes is 1. The predicted octanol–water partition coefficient (Wildman–Crippen LogP) is 2.37. The van der Waals surface area contributed by atoms with Gasteiger partial charge in [-0.25, -0.2) is 4.79 Å². The van der Waals surface area contributed by atoms with Crippen LogP contribution in [-0.4, -0.2) is 35.5 Å². The molecule has 1 fully saturated rings. The second kappa shape index (κ2) is 4.44. The number of ether oxygens (including phenoxy) is 1. The fraction of sp³-hybridized carbons (Fsp3) is 0.833. The molecule has 0 unspecified atom stereocenters. The van der Waals surface area contributed by atoms with E-state index in [1.54, 1.807) is 7.05 Å². The van der Waals surface area contributed by atoms with E-state index in [1.165, 1.54) is 4.90 Å². The molecule has 0 radical (unpaired) electrons. The molecule has 4 nitrogen and oxygen atoms in total. The van der Waals surface area contributed by atoms with E-state index in [2.05, 4.69) is 0 Å². The van der Waals surface area contributed by atoms with Gasteiger partial charge in [0.2, 0.25) is 0 Å². The van der Waals surface area contributed by atoms with Crippen LogP contribution >= 0.6 is 0 Å². The summed E-state index contributed by atoms with van der Waals surface area (Å²) < 4.78 is 5.27. The van der Waals surface area contributed by atoms with Gasteiger partial charge in [0, 0.05) is 7.05 Å². The van der Waals surface area contributed by atoms with Gasteiger partial charge in [0.1, 0.15) is 17.4 Å². The van der Waals surface area contributed by atoms with Gasteiger partial charge in [-0.15, -0.1) is 0 Å². The monoisotopic (exact) mass is 227 g/mol. The van der Waals surface area contributed by atoms with Gasteiger partial charge in [0.15, 0.2) is 0 Å². The molecule has 1 rings (SSSR count). The molecule has 4 heteroatoms. The topological polar surface area (TPSA) is 46.6 Å². The number of hydrogen-bond donors (Lipinski definition) is 0. The first-order valence-corrected chi connectivity index (χ1v) is 5.74. The Morgan fingerprint density at radius 1 is 1.31 bits per heavy atom. The lowest BCUT2D eigenvalue weighted by Gasteiger charge is -2.35. The average Bonchev–Trinajstić information content (AvgIpc) is 2.63. The van der Waals surface area contributed by atoms with E-state index < -0.39 is 17.2 Å².